The lowest BCUT2D eigenvalue weighted by Gasteiger charge is -2.38. The minimum absolute atomic E-state index is 0. The average Bonchev–Trinajstić information content (AvgIpc) is 3.25. The maximum atomic E-state index is 12.7. The number of benzene rings is 1. The van der Waals surface area contributed by atoms with Gasteiger partial charge in [-0.05, 0) is 68.0 Å². The predicted octanol–water partition coefficient (Wildman–Crippen LogP) is 2.82. The third-order valence-electron chi connectivity index (χ3n) is 5.53. The second-order valence-corrected chi connectivity index (χ2v) is 7.23. The number of aromatic nitrogens is 2. The highest BCUT2D eigenvalue weighted by Gasteiger charge is 2.38. The highest BCUT2D eigenvalue weighted by molar-refractivity contribution is 5.94. The van der Waals surface area contributed by atoms with Crippen LogP contribution in [0, 0.1) is 12.3 Å². The average molecular weight is 361 g/mol. The van der Waals surface area contributed by atoms with Crippen LogP contribution < -0.4 is 5.32 Å². The molecule has 1 N–H and O–H groups in total. The second-order valence-electron chi connectivity index (χ2n) is 7.23. The molecule has 1 aromatic heterocycles. The Morgan fingerprint density at radius 1 is 1.16 bits per heavy atom. The van der Waals surface area contributed by atoms with Crippen LogP contribution in [-0.2, 0) is 0 Å². The molecule has 0 radical (unpaired) electrons. The summed E-state index contributed by atoms with van der Waals surface area (Å²) in [5, 5.41) is 7.78. The smallest absolute Gasteiger partial charge is 0.253 e. The fourth-order valence-corrected chi connectivity index (χ4v) is 3.90. The zero-order valence-corrected chi connectivity index (χ0v) is 15.4. The van der Waals surface area contributed by atoms with Crippen LogP contribution >= 0.6 is 12.4 Å². The van der Waals surface area contributed by atoms with Gasteiger partial charge in [0, 0.05) is 31.4 Å². The first kappa shape index (κ1) is 18.0. The van der Waals surface area contributed by atoms with Crippen LogP contribution in [0.5, 0.6) is 0 Å². The second kappa shape index (κ2) is 7.18. The Bertz CT molecular complexity index is 724. The number of hydrogen-bond acceptors (Lipinski definition) is 3. The van der Waals surface area contributed by atoms with Gasteiger partial charge in [0.1, 0.15) is 0 Å². The highest BCUT2D eigenvalue weighted by Crippen LogP contribution is 2.37. The molecule has 2 fully saturated rings. The van der Waals surface area contributed by atoms with Crippen molar-refractivity contribution in [3.63, 3.8) is 0 Å². The number of nitrogens with one attached hydrogen (secondary N) is 1. The number of halogens is 1. The molecule has 4 rings (SSSR count). The van der Waals surface area contributed by atoms with E-state index in [1.54, 1.807) is 0 Å². The van der Waals surface area contributed by atoms with Crippen molar-refractivity contribution in [3.8, 4) is 5.69 Å². The summed E-state index contributed by atoms with van der Waals surface area (Å²) in [4.78, 5) is 14.8. The van der Waals surface area contributed by atoms with Crippen molar-refractivity contribution in [2.45, 2.75) is 26.2 Å². The Kier molecular flexibility index (Phi) is 5.16. The number of carbonyl (C=O) groups excluding carboxylic acids is 1. The van der Waals surface area contributed by atoms with E-state index in [4.69, 9.17) is 0 Å². The molecule has 2 aliphatic heterocycles. The summed E-state index contributed by atoms with van der Waals surface area (Å²) >= 11 is 0. The molecule has 0 bridgehead atoms. The number of aryl methyl sites for hydroxylation is 1. The molecule has 6 heteroatoms. The van der Waals surface area contributed by atoms with Crippen LogP contribution in [0.3, 0.4) is 0 Å². The van der Waals surface area contributed by atoms with E-state index in [2.05, 4.69) is 10.4 Å². The molecule has 1 aromatic carbocycles. The Morgan fingerprint density at radius 3 is 2.44 bits per heavy atom. The minimum atomic E-state index is 0. The number of hydrogen-bond donors (Lipinski definition) is 1. The molecular weight excluding hydrogens is 336 g/mol. The van der Waals surface area contributed by atoms with Crippen molar-refractivity contribution in [3.05, 3.63) is 47.8 Å². The molecule has 2 aliphatic rings. The standard InChI is InChI=1S/C19H24N4O.ClH/c1-15-12-21-23(13-15)17-4-2-16(3-5-17)18(24)22-10-7-19(8-11-22)6-9-20-14-19;/h2-5,12-13,20H,6-11,14H2,1H3;1H. The molecule has 25 heavy (non-hydrogen) atoms. The first-order chi connectivity index (χ1) is 11.7. The van der Waals surface area contributed by atoms with Gasteiger partial charge < -0.3 is 10.2 Å². The van der Waals surface area contributed by atoms with E-state index in [-0.39, 0.29) is 18.3 Å². The number of nitrogens with zero attached hydrogens (tertiary/aromatic N) is 3. The van der Waals surface area contributed by atoms with E-state index in [1.165, 1.54) is 6.42 Å². The van der Waals surface area contributed by atoms with Gasteiger partial charge in [-0.1, -0.05) is 0 Å². The molecule has 2 aromatic rings. The van der Waals surface area contributed by atoms with Gasteiger partial charge in [-0.3, -0.25) is 4.79 Å². The van der Waals surface area contributed by atoms with E-state index in [0.717, 1.165) is 55.8 Å². The van der Waals surface area contributed by atoms with Crippen molar-refractivity contribution in [2.75, 3.05) is 26.2 Å². The monoisotopic (exact) mass is 360 g/mol. The minimum Gasteiger partial charge on any atom is -0.339 e. The lowest BCUT2D eigenvalue weighted by molar-refractivity contribution is 0.0607. The van der Waals surface area contributed by atoms with E-state index in [0.29, 0.717) is 5.41 Å². The van der Waals surface area contributed by atoms with Crippen molar-refractivity contribution in [1.29, 1.82) is 0 Å². The number of likely N-dealkylation sites (tertiary alicyclic amines) is 1. The topological polar surface area (TPSA) is 50.2 Å². The lowest BCUT2D eigenvalue weighted by atomic mass is 9.78. The van der Waals surface area contributed by atoms with Gasteiger partial charge in [0.05, 0.1) is 11.9 Å². The maximum absolute atomic E-state index is 12.7. The molecule has 1 amide bonds. The highest BCUT2D eigenvalue weighted by atomic mass is 35.5. The molecule has 0 atom stereocenters. The molecule has 2 saturated heterocycles. The van der Waals surface area contributed by atoms with Crippen LogP contribution in [-0.4, -0.2) is 46.8 Å². The summed E-state index contributed by atoms with van der Waals surface area (Å²) in [6, 6.07) is 7.75. The fraction of sp³-hybridized carbons (Fsp3) is 0.474. The predicted molar refractivity (Wildman–Crippen MR) is 101 cm³/mol. The molecule has 5 nitrogen and oxygen atoms in total. The molecular formula is C19H25ClN4O. The van der Waals surface area contributed by atoms with Gasteiger partial charge in [-0.2, -0.15) is 5.10 Å². The number of amides is 1. The van der Waals surface area contributed by atoms with Gasteiger partial charge in [0.25, 0.3) is 5.91 Å². The SMILES string of the molecule is Cc1cnn(-c2ccc(C(=O)N3CCC4(CCNC4)CC3)cc2)c1.Cl. The summed E-state index contributed by atoms with van der Waals surface area (Å²) < 4.78 is 1.83. The third kappa shape index (κ3) is 3.58. The summed E-state index contributed by atoms with van der Waals surface area (Å²) in [5.41, 5.74) is 3.31. The first-order valence-corrected chi connectivity index (χ1v) is 8.77. The summed E-state index contributed by atoms with van der Waals surface area (Å²) in [7, 11) is 0. The first-order valence-electron chi connectivity index (χ1n) is 8.77. The van der Waals surface area contributed by atoms with Gasteiger partial charge >= 0.3 is 0 Å². The Hall–Kier alpha value is -1.85. The van der Waals surface area contributed by atoms with Gasteiger partial charge in [-0.15, -0.1) is 12.4 Å². The van der Waals surface area contributed by atoms with Gasteiger partial charge in [0.15, 0.2) is 0 Å². The van der Waals surface area contributed by atoms with Gasteiger partial charge in [0.2, 0.25) is 0 Å². The Morgan fingerprint density at radius 2 is 1.88 bits per heavy atom. The Labute approximate surface area is 154 Å². The molecule has 3 heterocycles. The maximum Gasteiger partial charge on any atom is 0.253 e. The van der Waals surface area contributed by atoms with Gasteiger partial charge in [-0.25, -0.2) is 4.68 Å². The zero-order valence-electron chi connectivity index (χ0n) is 14.6. The zero-order chi connectivity index (χ0) is 16.6. The van der Waals surface area contributed by atoms with Crippen LogP contribution in [0.2, 0.25) is 0 Å². The number of rotatable bonds is 2. The molecule has 0 saturated carbocycles. The molecule has 0 aliphatic carbocycles. The van der Waals surface area contributed by atoms with E-state index >= 15 is 0 Å². The normalized spacial score (nSPS) is 19.0. The summed E-state index contributed by atoms with van der Waals surface area (Å²) in [6.45, 7) is 6.01. The van der Waals surface area contributed by atoms with Crippen molar-refractivity contribution in [1.82, 2.24) is 20.0 Å². The molecule has 134 valence electrons. The third-order valence-corrected chi connectivity index (χ3v) is 5.53. The van der Waals surface area contributed by atoms with Crippen molar-refractivity contribution < 1.29 is 4.79 Å². The lowest BCUT2D eigenvalue weighted by Crippen LogP contribution is -2.44. The molecule has 0 unspecified atom stereocenters. The Balaban J connectivity index is 0.00000182. The van der Waals surface area contributed by atoms with Crippen LogP contribution in [0.25, 0.3) is 5.69 Å². The summed E-state index contributed by atoms with van der Waals surface area (Å²) in [6.07, 6.45) is 7.32. The number of piperidine rings is 1. The fourth-order valence-electron chi connectivity index (χ4n) is 3.90. The quantitative estimate of drug-likeness (QED) is 0.896. The van der Waals surface area contributed by atoms with Crippen LogP contribution in [0.15, 0.2) is 36.7 Å². The van der Waals surface area contributed by atoms with E-state index in [9.17, 15) is 4.79 Å². The van der Waals surface area contributed by atoms with Crippen molar-refractivity contribution >= 4 is 18.3 Å². The van der Waals surface area contributed by atoms with E-state index < -0.39 is 0 Å². The summed E-state index contributed by atoms with van der Waals surface area (Å²) in [5.74, 6) is 0.152. The molecule has 1 spiro atoms. The largest absolute Gasteiger partial charge is 0.339 e. The number of carbonyl (C=O) groups is 1. The van der Waals surface area contributed by atoms with Crippen LogP contribution in [0.4, 0.5) is 0 Å². The van der Waals surface area contributed by atoms with Crippen LogP contribution in [0.1, 0.15) is 35.2 Å². The van der Waals surface area contributed by atoms with Crippen molar-refractivity contribution in [2.24, 2.45) is 5.41 Å². The van der Waals surface area contributed by atoms with E-state index in [1.807, 2.05) is 53.2 Å².